The fourth-order valence-corrected chi connectivity index (χ4v) is 5.81. The Labute approximate surface area is 141 Å². The number of aromatic nitrogens is 2. The van der Waals surface area contributed by atoms with Crippen molar-refractivity contribution in [3.63, 3.8) is 0 Å². The molecule has 0 amide bonds. The third-order valence-electron chi connectivity index (χ3n) is 3.53. The van der Waals surface area contributed by atoms with Gasteiger partial charge in [-0.2, -0.15) is 13.2 Å². The monoisotopic (exact) mass is 374 g/mol. The Hall–Kier alpha value is -1.61. The van der Waals surface area contributed by atoms with Crippen molar-refractivity contribution in [3.8, 4) is 11.3 Å². The smallest absolute Gasteiger partial charge is 0.229 e. The van der Waals surface area contributed by atoms with Crippen molar-refractivity contribution in [2.75, 3.05) is 11.5 Å². The number of hydrogen-bond acceptors (Lipinski definition) is 5. The molecule has 1 fully saturated rings. The first-order chi connectivity index (χ1) is 11.2. The molecular weight excluding hydrogens is 361 g/mol. The second-order valence-corrected chi connectivity index (χ2v) is 8.92. The predicted molar refractivity (Wildman–Crippen MR) is 85.4 cm³/mol. The average molecular weight is 374 g/mol. The second kappa shape index (κ2) is 6.36. The number of halogens is 3. The van der Waals surface area contributed by atoms with Gasteiger partial charge in [0, 0.05) is 10.8 Å². The first-order valence-corrected chi connectivity index (χ1v) is 9.82. The van der Waals surface area contributed by atoms with E-state index in [1.54, 1.807) is 30.3 Å². The molecule has 3 rings (SSSR count). The van der Waals surface area contributed by atoms with Crippen LogP contribution in [-0.4, -0.2) is 35.1 Å². The Morgan fingerprint density at radius 2 is 1.83 bits per heavy atom. The molecule has 0 N–H and O–H groups in total. The molecule has 128 valence electrons. The molecule has 9 heteroatoms. The maximum Gasteiger partial charge on any atom is 0.433 e. The van der Waals surface area contributed by atoms with Crippen molar-refractivity contribution < 1.29 is 21.6 Å². The Bertz CT molecular complexity index is 840. The fraction of sp³-hybridized carbons (Fsp3) is 0.333. The molecule has 1 aromatic carbocycles. The summed E-state index contributed by atoms with van der Waals surface area (Å²) in [4.78, 5) is 7.76. The van der Waals surface area contributed by atoms with Crippen molar-refractivity contribution in [3.05, 3.63) is 42.1 Å². The molecule has 24 heavy (non-hydrogen) atoms. The molecule has 1 aromatic heterocycles. The van der Waals surface area contributed by atoms with Crippen LogP contribution >= 0.6 is 11.8 Å². The van der Waals surface area contributed by atoms with E-state index in [0.29, 0.717) is 12.0 Å². The van der Waals surface area contributed by atoms with Crippen molar-refractivity contribution in [1.82, 2.24) is 9.97 Å². The van der Waals surface area contributed by atoms with Crippen molar-refractivity contribution >= 4 is 21.6 Å². The molecule has 0 unspecified atom stereocenters. The third kappa shape index (κ3) is 4.07. The minimum atomic E-state index is -4.59. The SMILES string of the molecule is O=S1(=O)CC[C@H](Sc2nc(-c3ccccc3)cc(C(F)(F)F)n2)C1. The van der Waals surface area contributed by atoms with Gasteiger partial charge >= 0.3 is 6.18 Å². The number of sulfone groups is 1. The molecule has 0 radical (unpaired) electrons. The van der Waals surface area contributed by atoms with E-state index in [0.717, 1.165) is 17.8 Å². The highest BCUT2D eigenvalue weighted by atomic mass is 32.2. The number of hydrogen-bond donors (Lipinski definition) is 0. The molecule has 4 nitrogen and oxygen atoms in total. The van der Waals surface area contributed by atoms with E-state index < -0.39 is 21.7 Å². The quantitative estimate of drug-likeness (QED) is 0.771. The summed E-state index contributed by atoms with van der Waals surface area (Å²) in [6.45, 7) is 0. The van der Waals surface area contributed by atoms with Crippen LogP contribution in [0.25, 0.3) is 11.3 Å². The van der Waals surface area contributed by atoms with Gasteiger partial charge in [0.1, 0.15) is 5.69 Å². The molecule has 1 aliphatic heterocycles. The number of nitrogens with zero attached hydrogens (tertiary/aromatic N) is 2. The largest absolute Gasteiger partial charge is 0.433 e. The Morgan fingerprint density at radius 3 is 2.42 bits per heavy atom. The number of alkyl halides is 3. The van der Waals surface area contributed by atoms with Gasteiger partial charge in [-0.25, -0.2) is 18.4 Å². The molecule has 0 spiro atoms. The standard InChI is InChI=1S/C15H13F3N2O2S2/c16-15(17,18)13-8-12(10-4-2-1-3-5-10)19-14(20-13)23-11-6-7-24(21,22)9-11/h1-5,8,11H,6-7,9H2/t11-/m0/s1. The van der Waals surface area contributed by atoms with Crippen LogP contribution in [0.2, 0.25) is 0 Å². The maximum absolute atomic E-state index is 13.1. The third-order valence-corrected chi connectivity index (χ3v) is 6.64. The second-order valence-electron chi connectivity index (χ2n) is 5.43. The highest BCUT2D eigenvalue weighted by molar-refractivity contribution is 8.01. The van der Waals surface area contributed by atoms with E-state index in [2.05, 4.69) is 9.97 Å². The van der Waals surface area contributed by atoms with Gasteiger partial charge in [-0.05, 0) is 12.5 Å². The summed E-state index contributed by atoms with van der Waals surface area (Å²) in [5.41, 5.74) is -0.313. The van der Waals surface area contributed by atoms with Crippen LogP contribution in [0.1, 0.15) is 12.1 Å². The zero-order valence-electron chi connectivity index (χ0n) is 12.3. The topological polar surface area (TPSA) is 59.9 Å². The van der Waals surface area contributed by atoms with E-state index in [-0.39, 0.29) is 27.6 Å². The lowest BCUT2D eigenvalue weighted by atomic mass is 10.1. The number of rotatable bonds is 3. The van der Waals surface area contributed by atoms with Crippen LogP contribution in [0.4, 0.5) is 13.2 Å². The lowest BCUT2D eigenvalue weighted by Gasteiger charge is -2.12. The molecule has 1 saturated heterocycles. The molecule has 2 aromatic rings. The Kier molecular flexibility index (Phi) is 4.56. The van der Waals surface area contributed by atoms with Crippen LogP contribution in [0, 0.1) is 0 Å². The highest BCUT2D eigenvalue weighted by Crippen LogP contribution is 2.34. The summed E-state index contributed by atoms with van der Waals surface area (Å²) in [5, 5.41) is -0.368. The van der Waals surface area contributed by atoms with E-state index >= 15 is 0 Å². The van der Waals surface area contributed by atoms with Gasteiger partial charge in [0.2, 0.25) is 0 Å². The van der Waals surface area contributed by atoms with Gasteiger partial charge in [-0.3, -0.25) is 0 Å². The molecule has 0 saturated carbocycles. The van der Waals surface area contributed by atoms with Crippen LogP contribution in [0.5, 0.6) is 0 Å². The minimum Gasteiger partial charge on any atom is -0.229 e. The summed E-state index contributed by atoms with van der Waals surface area (Å²) in [5.74, 6) is -0.00683. The highest BCUT2D eigenvalue weighted by Gasteiger charge is 2.35. The Balaban J connectivity index is 1.96. The van der Waals surface area contributed by atoms with Crippen molar-refractivity contribution in [2.45, 2.75) is 23.0 Å². The molecule has 1 atom stereocenters. The normalized spacial score (nSPS) is 20.2. The number of benzene rings is 1. The van der Waals surface area contributed by atoms with Gasteiger partial charge in [-0.1, -0.05) is 42.1 Å². The van der Waals surface area contributed by atoms with Crippen molar-refractivity contribution in [2.24, 2.45) is 0 Å². The van der Waals surface area contributed by atoms with Gasteiger partial charge in [0.25, 0.3) is 0 Å². The maximum atomic E-state index is 13.1. The van der Waals surface area contributed by atoms with Gasteiger partial charge < -0.3 is 0 Å². The number of thioether (sulfide) groups is 1. The summed E-state index contributed by atoms with van der Waals surface area (Å²) in [6, 6.07) is 9.41. The van der Waals surface area contributed by atoms with Crippen LogP contribution in [0.15, 0.2) is 41.6 Å². The summed E-state index contributed by atoms with van der Waals surface area (Å²) >= 11 is 0.991. The zero-order valence-corrected chi connectivity index (χ0v) is 14.0. The van der Waals surface area contributed by atoms with Crippen LogP contribution in [0.3, 0.4) is 0 Å². The van der Waals surface area contributed by atoms with E-state index in [9.17, 15) is 21.6 Å². The van der Waals surface area contributed by atoms with Crippen LogP contribution in [-0.2, 0) is 16.0 Å². The predicted octanol–water partition coefficient (Wildman–Crippen LogP) is 3.44. The first kappa shape index (κ1) is 17.2. The molecular formula is C15H13F3N2O2S2. The summed E-state index contributed by atoms with van der Waals surface area (Å²) in [6.07, 6.45) is -4.20. The van der Waals surface area contributed by atoms with E-state index in [1.165, 1.54) is 0 Å². The minimum absolute atomic E-state index is 0.0502. The average Bonchev–Trinajstić information content (AvgIpc) is 2.86. The summed E-state index contributed by atoms with van der Waals surface area (Å²) < 4.78 is 62.3. The van der Waals surface area contributed by atoms with Crippen LogP contribution < -0.4 is 0 Å². The van der Waals surface area contributed by atoms with Gasteiger partial charge in [0.15, 0.2) is 15.0 Å². The molecule has 2 heterocycles. The Morgan fingerprint density at radius 1 is 1.12 bits per heavy atom. The van der Waals surface area contributed by atoms with Gasteiger partial charge in [-0.15, -0.1) is 0 Å². The fourth-order valence-electron chi connectivity index (χ4n) is 2.38. The van der Waals surface area contributed by atoms with Crippen molar-refractivity contribution in [1.29, 1.82) is 0 Å². The molecule has 0 aliphatic carbocycles. The van der Waals surface area contributed by atoms with E-state index in [4.69, 9.17) is 0 Å². The van der Waals surface area contributed by atoms with E-state index in [1.807, 2.05) is 0 Å². The lowest BCUT2D eigenvalue weighted by Crippen LogP contribution is -2.12. The zero-order chi connectivity index (χ0) is 17.4. The lowest BCUT2D eigenvalue weighted by molar-refractivity contribution is -0.141. The first-order valence-electron chi connectivity index (χ1n) is 7.12. The van der Waals surface area contributed by atoms with Gasteiger partial charge in [0.05, 0.1) is 17.2 Å². The molecule has 1 aliphatic rings. The molecule has 0 bridgehead atoms. The summed E-state index contributed by atoms with van der Waals surface area (Å²) in [7, 11) is -3.11.